The van der Waals surface area contributed by atoms with Crippen molar-refractivity contribution in [3.05, 3.63) is 76.1 Å². The second-order valence-electron chi connectivity index (χ2n) is 7.60. The first-order chi connectivity index (χ1) is 17.9. The number of ether oxygens (including phenoxy) is 2. The Labute approximate surface area is 225 Å². The minimum atomic E-state index is -0.530. The molecule has 2 aromatic heterocycles. The van der Waals surface area contributed by atoms with Crippen molar-refractivity contribution in [2.75, 3.05) is 17.7 Å². The molecule has 4 rings (SSSR count). The van der Waals surface area contributed by atoms with Crippen LogP contribution in [-0.2, 0) is 23.2 Å². The van der Waals surface area contributed by atoms with E-state index in [1.807, 2.05) is 35.7 Å². The minimum Gasteiger partial charge on any atom is -0.486 e. The fraction of sp³-hybridized carbons (Fsp3) is 0.200. The van der Waals surface area contributed by atoms with Crippen molar-refractivity contribution in [2.45, 2.75) is 18.7 Å². The molecule has 0 aliphatic carbocycles. The van der Waals surface area contributed by atoms with Gasteiger partial charge in [-0.1, -0.05) is 53.7 Å². The lowest BCUT2D eigenvalue weighted by Crippen LogP contribution is -2.16. The number of benzene rings is 2. The largest absolute Gasteiger partial charge is 0.486 e. The summed E-state index contributed by atoms with van der Waals surface area (Å²) < 4.78 is 25.9. The molecule has 4 aromatic rings. The molecule has 1 amide bonds. The van der Waals surface area contributed by atoms with E-state index in [1.54, 1.807) is 18.5 Å². The number of hydrogen-bond donors (Lipinski definition) is 1. The zero-order valence-corrected chi connectivity index (χ0v) is 22.3. The van der Waals surface area contributed by atoms with E-state index in [4.69, 9.17) is 21.1 Å². The first-order valence-electron chi connectivity index (χ1n) is 11.1. The number of anilines is 1. The summed E-state index contributed by atoms with van der Waals surface area (Å²) in [6, 6.07) is 13.5. The van der Waals surface area contributed by atoms with Gasteiger partial charge < -0.3 is 19.4 Å². The molecule has 0 aliphatic heterocycles. The smallest absolute Gasteiger partial charge is 0.341 e. The summed E-state index contributed by atoms with van der Waals surface area (Å²) in [6.07, 6.45) is 0. The predicted molar refractivity (Wildman–Crippen MR) is 142 cm³/mol. The lowest BCUT2D eigenvalue weighted by Gasteiger charge is -2.09. The molecular formula is C25H22ClFN4O4S2. The van der Waals surface area contributed by atoms with Gasteiger partial charge in [0.1, 0.15) is 28.7 Å². The molecule has 0 spiro atoms. The molecule has 0 unspecified atom stereocenters. The van der Waals surface area contributed by atoms with Crippen LogP contribution in [0.25, 0.3) is 11.1 Å². The second-order valence-corrected chi connectivity index (χ2v) is 9.83. The molecular weight excluding hydrogens is 539 g/mol. The number of nitrogens with zero attached hydrogens (tertiary/aromatic N) is 3. The van der Waals surface area contributed by atoms with E-state index in [2.05, 4.69) is 15.5 Å². The summed E-state index contributed by atoms with van der Waals surface area (Å²) in [5, 5.41) is 13.8. The number of nitrogens with one attached hydrogen (secondary N) is 1. The third kappa shape index (κ3) is 6.48. The predicted octanol–water partition coefficient (Wildman–Crippen LogP) is 5.82. The van der Waals surface area contributed by atoms with Gasteiger partial charge in [-0.05, 0) is 24.6 Å². The van der Waals surface area contributed by atoms with Crippen LogP contribution >= 0.6 is 34.7 Å². The van der Waals surface area contributed by atoms with Gasteiger partial charge in [-0.2, -0.15) is 0 Å². The SMILES string of the molecule is CCOC(=O)c1c(-c2ccccc2)csc1NC(=O)CSc1nnc(COc2ccc(F)c(Cl)c2)n1C. The van der Waals surface area contributed by atoms with Crippen LogP contribution in [0.5, 0.6) is 5.75 Å². The van der Waals surface area contributed by atoms with E-state index in [-0.39, 0.29) is 29.9 Å². The standard InChI is InChI=1S/C25H22ClFN4O4S2/c1-3-34-24(33)22-17(15-7-5-4-6-8-15)13-36-23(22)28-21(32)14-37-25-30-29-20(31(25)2)12-35-16-9-10-19(27)18(26)11-16/h4-11,13H,3,12,14H2,1-2H3,(H,28,32). The van der Waals surface area contributed by atoms with Crippen LogP contribution in [0.15, 0.2) is 59.1 Å². The van der Waals surface area contributed by atoms with E-state index in [9.17, 15) is 14.0 Å². The van der Waals surface area contributed by atoms with E-state index >= 15 is 0 Å². The number of amides is 1. The van der Waals surface area contributed by atoms with E-state index in [0.717, 1.165) is 5.56 Å². The second kappa shape index (κ2) is 12.2. The van der Waals surface area contributed by atoms with Gasteiger partial charge in [0.2, 0.25) is 5.91 Å². The van der Waals surface area contributed by atoms with Crippen molar-refractivity contribution in [3.63, 3.8) is 0 Å². The van der Waals surface area contributed by atoms with Gasteiger partial charge in [-0.25, -0.2) is 9.18 Å². The highest BCUT2D eigenvalue weighted by molar-refractivity contribution is 7.99. The van der Waals surface area contributed by atoms with Crippen molar-refractivity contribution in [1.82, 2.24) is 14.8 Å². The molecule has 192 valence electrons. The molecule has 0 fully saturated rings. The van der Waals surface area contributed by atoms with Gasteiger partial charge in [0.05, 0.1) is 17.4 Å². The van der Waals surface area contributed by atoms with Crippen molar-refractivity contribution < 1.29 is 23.5 Å². The highest BCUT2D eigenvalue weighted by Gasteiger charge is 2.23. The van der Waals surface area contributed by atoms with Crippen molar-refractivity contribution in [1.29, 1.82) is 0 Å². The fourth-order valence-electron chi connectivity index (χ4n) is 3.29. The maximum absolute atomic E-state index is 13.3. The highest BCUT2D eigenvalue weighted by Crippen LogP contribution is 2.36. The minimum absolute atomic E-state index is 0.0366. The molecule has 0 bridgehead atoms. The van der Waals surface area contributed by atoms with Crippen LogP contribution in [0, 0.1) is 5.82 Å². The Morgan fingerprint density at radius 3 is 2.70 bits per heavy atom. The van der Waals surface area contributed by atoms with Gasteiger partial charge in [-0.15, -0.1) is 21.5 Å². The van der Waals surface area contributed by atoms with Gasteiger partial charge in [0.15, 0.2) is 11.0 Å². The number of rotatable bonds is 10. The first-order valence-corrected chi connectivity index (χ1v) is 13.3. The summed E-state index contributed by atoms with van der Waals surface area (Å²) in [5.74, 6) is -0.381. The Hall–Kier alpha value is -3.41. The Morgan fingerprint density at radius 1 is 1.19 bits per heavy atom. The number of carbonyl (C=O) groups is 2. The number of thioether (sulfide) groups is 1. The van der Waals surface area contributed by atoms with Crippen LogP contribution in [0.3, 0.4) is 0 Å². The highest BCUT2D eigenvalue weighted by atomic mass is 35.5. The van der Waals surface area contributed by atoms with Crippen molar-refractivity contribution in [3.8, 4) is 16.9 Å². The summed E-state index contributed by atoms with van der Waals surface area (Å²) in [4.78, 5) is 25.4. The van der Waals surface area contributed by atoms with Crippen molar-refractivity contribution in [2.24, 2.45) is 7.05 Å². The number of carbonyl (C=O) groups excluding carboxylic acids is 2. The summed E-state index contributed by atoms with van der Waals surface area (Å²) in [5.41, 5.74) is 1.89. The van der Waals surface area contributed by atoms with E-state index in [0.29, 0.717) is 32.9 Å². The van der Waals surface area contributed by atoms with Crippen LogP contribution < -0.4 is 10.1 Å². The third-order valence-electron chi connectivity index (χ3n) is 5.12. The molecule has 0 radical (unpaired) electrons. The van der Waals surface area contributed by atoms with Crippen LogP contribution in [0.1, 0.15) is 23.1 Å². The van der Waals surface area contributed by atoms with Gasteiger partial charge in [0.25, 0.3) is 0 Å². The molecule has 2 aromatic carbocycles. The molecule has 0 saturated carbocycles. The Bertz CT molecular complexity index is 1410. The fourth-order valence-corrected chi connectivity index (χ4v) is 5.16. The lowest BCUT2D eigenvalue weighted by atomic mass is 10.0. The number of hydrogen-bond acceptors (Lipinski definition) is 8. The Kier molecular flexibility index (Phi) is 8.80. The average molecular weight is 561 g/mol. The van der Waals surface area contributed by atoms with Crippen LogP contribution in [0.2, 0.25) is 5.02 Å². The zero-order chi connectivity index (χ0) is 26.4. The monoisotopic (exact) mass is 560 g/mol. The van der Waals surface area contributed by atoms with Crippen molar-refractivity contribution >= 4 is 51.6 Å². The molecule has 2 heterocycles. The summed E-state index contributed by atoms with van der Waals surface area (Å²) in [6.45, 7) is 2.04. The van der Waals surface area contributed by atoms with Gasteiger partial charge in [-0.3, -0.25) is 4.79 Å². The Morgan fingerprint density at radius 2 is 1.97 bits per heavy atom. The Balaban J connectivity index is 1.40. The lowest BCUT2D eigenvalue weighted by molar-refractivity contribution is -0.113. The molecule has 8 nitrogen and oxygen atoms in total. The topological polar surface area (TPSA) is 95.3 Å². The number of aromatic nitrogens is 3. The summed E-state index contributed by atoms with van der Waals surface area (Å²) in [7, 11) is 1.75. The van der Waals surface area contributed by atoms with Gasteiger partial charge in [0, 0.05) is 24.1 Å². The number of esters is 1. The van der Waals surface area contributed by atoms with Gasteiger partial charge >= 0.3 is 5.97 Å². The number of thiophene rings is 1. The molecule has 0 atom stereocenters. The van der Waals surface area contributed by atoms with E-state index < -0.39 is 11.8 Å². The third-order valence-corrected chi connectivity index (χ3v) is 7.33. The maximum atomic E-state index is 13.3. The molecule has 0 saturated heterocycles. The van der Waals surface area contributed by atoms with Crippen LogP contribution in [-0.4, -0.2) is 39.0 Å². The number of halogens is 2. The summed E-state index contributed by atoms with van der Waals surface area (Å²) >= 11 is 8.23. The van der Waals surface area contributed by atoms with E-state index in [1.165, 1.54) is 41.3 Å². The quantitative estimate of drug-likeness (QED) is 0.193. The first kappa shape index (κ1) is 26.6. The molecule has 37 heavy (non-hydrogen) atoms. The normalized spacial score (nSPS) is 10.8. The molecule has 12 heteroatoms. The maximum Gasteiger partial charge on any atom is 0.341 e. The zero-order valence-electron chi connectivity index (χ0n) is 19.9. The molecule has 0 aliphatic rings. The molecule has 1 N–H and O–H groups in total. The average Bonchev–Trinajstić information content (AvgIpc) is 3.47. The van der Waals surface area contributed by atoms with Crippen LogP contribution in [0.4, 0.5) is 9.39 Å².